The number of nitriles is 1. The van der Waals surface area contributed by atoms with Gasteiger partial charge in [-0.2, -0.15) is 5.26 Å². The van der Waals surface area contributed by atoms with Gasteiger partial charge in [-0.1, -0.05) is 0 Å². The molecule has 0 spiro atoms. The third-order valence-electron chi connectivity index (χ3n) is 4.44. The number of amides is 1. The lowest BCUT2D eigenvalue weighted by Crippen LogP contribution is -2.53. The van der Waals surface area contributed by atoms with Crippen LogP contribution >= 0.6 is 0 Å². The van der Waals surface area contributed by atoms with Gasteiger partial charge >= 0.3 is 0 Å². The van der Waals surface area contributed by atoms with Gasteiger partial charge in [0.1, 0.15) is 11.9 Å². The SMILES string of the molecule is CN(CC(=O)N1CCO[C@H]2CCC[C@H]21)c1ccc(C#N)cn1. The van der Waals surface area contributed by atoms with Gasteiger partial charge in [0.25, 0.3) is 0 Å². The summed E-state index contributed by atoms with van der Waals surface area (Å²) in [6.45, 7) is 1.60. The topological polar surface area (TPSA) is 69.5 Å². The second kappa shape index (κ2) is 6.32. The van der Waals surface area contributed by atoms with Crippen LogP contribution in [0.25, 0.3) is 0 Å². The highest BCUT2D eigenvalue weighted by molar-refractivity contribution is 5.81. The van der Waals surface area contributed by atoms with Crippen LogP contribution in [0.1, 0.15) is 24.8 Å². The Morgan fingerprint density at radius 3 is 3.14 bits per heavy atom. The highest BCUT2D eigenvalue weighted by Gasteiger charge is 2.38. The van der Waals surface area contributed by atoms with E-state index in [1.165, 1.54) is 6.20 Å². The Morgan fingerprint density at radius 1 is 1.55 bits per heavy atom. The van der Waals surface area contributed by atoms with E-state index in [1.807, 2.05) is 22.9 Å². The fraction of sp³-hybridized carbons (Fsp3) is 0.562. The molecule has 1 saturated heterocycles. The molecule has 2 aliphatic rings. The molecule has 1 aromatic rings. The molecule has 0 bridgehead atoms. The van der Waals surface area contributed by atoms with E-state index in [1.54, 1.807) is 12.1 Å². The Balaban J connectivity index is 1.64. The van der Waals surface area contributed by atoms with Crippen LogP contribution in [0.4, 0.5) is 5.82 Å². The number of nitrogens with zero attached hydrogens (tertiary/aromatic N) is 4. The molecule has 2 heterocycles. The minimum Gasteiger partial charge on any atom is -0.374 e. The molecule has 116 valence electrons. The molecule has 6 nitrogen and oxygen atoms in total. The molecule has 1 aliphatic heterocycles. The lowest BCUT2D eigenvalue weighted by molar-refractivity contribution is -0.142. The van der Waals surface area contributed by atoms with Crippen LogP contribution in [0.3, 0.4) is 0 Å². The van der Waals surface area contributed by atoms with Crippen molar-refractivity contribution >= 4 is 11.7 Å². The van der Waals surface area contributed by atoms with Gasteiger partial charge in [0.2, 0.25) is 5.91 Å². The van der Waals surface area contributed by atoms with Crippen molar-refractivity contribution in [3.05, 3.63) is 23.9 Å². The first-order valence-electron chi connectivity index (χ1n) is 7.67. The number of hydrogen-bond donors (Lipinski definition) is 0. The first-order valence-corrected chi connectivity index (χ1v) is 7.67. The lowest BCUT2D eigenvalue weighted by atomic mass is 10.1. The van der Waals surface area contributed by atoms with E-state index in [4.69, 9.17) is 10.00 Å². The zero-order chi connectivity index (χ0) is 15.5. The summed E-state index contributed by atoms with van der Waals surface area (Å²) in [5.41, 5.74) is 0.519. The Hall–Kier alpha value is -2.13. The van der Waals surface area contributed by atoms with Crippen molar-refractivity contribution in [2.45, 2.75) is 31.4 Å². The number of likely N-dealkylation sites (N-methyl/N-ethyl adjacent to an activating group) is 1. The second-order valence-corrected chi connectivity index (χ2v) is 5.87. The van der Waals surface area contributed by atoms with E-state index in [2.05, 4.69) is 4.98 Å². The van der Waals surface area contributed by atoms with Crippen LogP contribution in [0, 0.1) is 11.3 Å². The molecular formula is C16H20N4O2. The average Bonchev–Trinajstić information content (AvgIpc) is 3.03. The number of hydrogen-bond acceptors (Lipinski definition) is 5. The molecule has 0 aromatic carbocycles. The number of aromatic nitrogens is 1. The third kappa shape index (κ3) is 2.90. The first kappa shape index (κ1) is 14.8. The van der Waals surface area contributed by atoms with Crippen molar-refractivity contribution in [2.24, 2.45) is 0 Å². The predicted molar refractivity (Wildman–Crippen MR) is 81.3 cm³/mol. The van der Waals surface area contributed by atoms with Crippen LogP contribution in [0.2, 0.25) is 0 Å². The van der Waals surface area contributed by atoms with E-state index in [0.29, 0.717) is 31.1 Å². The Kier molecular flexibility index (Phi) is 4.25. The van der Waals surface area contributed by atoms with Crippen LogP contribution in [0.5, 0.6) is 0 Å². The van der Waals surface area contributed by atoms with Gasteiger partial charge in [0, 0.05) is 19.8 Å². The zero-order valence-corrected chi connectivity index (χ0v) is 12.7. The molecule has 3 rings (SSSR count). The van der Waals surface area contributed by atoms with Crippen molar-refractivity contribution in [3.8, 4) is 6.07 Å². The summed E-state index contributed by atoms with van der Waals surface area (Å²) in [5.74, 6) is 0.817. The summed E-state index contributed by atoms with van der Waals surface area (Å²) in [7, 11) is 1.85. The molecule has 2 atom stereocenters. The van der Waals surface area contributed by atoms with Crippen LogP contribution < -0.4 is 4.90 Å². The van der Waals surface area contributed by atoms with Gasteiger partial charge in [0.15, 0.2) is 0 Å². The van der Waals surface area contributed by atoms with Crippen LogP contribution in [0.15, 0.2) is 18.3 Å². The van der Waals surface area contributed by atoms with Gasteiger partial charge in [0.05, 0.1) is 30.9 Å². The van der Waals surface area contributed by atoms with E-state index in [9.17, 15) is 4.79 Å². The standard InChI is InChI=1S/C16H20N4O2/c1-19(15-6-5-12(9-17)10-18-15)11-16(21)20-7-8-22-14-4-2-3-13(14)20/h5-6,10,13-14H,2-4,7-8,11H2,1H3/t13-,14+/m1/s1. The Labute approximate surface area is 130 Å². The average molecular weight is 300 g/mol. The second-order valence-electron chi connectivity index (χ2n) is 5.87. The summed E-state index contributed by atoms with van der Waals surface area (Å²) in [5, 5.41) is 8.79. The minimum absolute atomic E-state index is 0.119. The number of morpholine rings is 1. The summed E-state index contributed by atoms with van der Waals surface area (Å²) in [6, 6.07) is 5.76. The maximum absolute atomic E-state index is 12.6. The van der Waals surface area contributed by atoms with Gasteiger partial charge in [-0.05, 0) is 31.4 Å². The number of carbonyl (C=O) groups excluding carboxylic acids is 1. The first-order chi connectivity index (χ1) is 10.7. The lowest BCUT2D eigenvalue weighted by Gasteiger charge is -2.38. The molecule has 2 fully saturated rings. The van der Waals surface area contributed by atoms with Crippen LogP contribution in [-0.2, 0) is 9.53 Å². The van der Waals surface area contributed by atoms with Crippen molar-refractivity contribution in [1.29, 1.82) is 5.26 Å². The molecule has 0 N–H and O–H groups in total. The van der Waals surface area contributed by atoms with Gasteiger partial charge < -0.3 is 14.5 Å². The number of carbonyl (C=O) groups is 1. The number of pyridine rings is 1. The fourth-order valence-corrected chi connectivity index (χ4v) is 3.29. The fourth-order valence-electron chi connectivity index (χ4n) is 3.29. The predicted octanol–water partition coefficient (Wildman–Crippen LogP) is 1.17. The van der Waals surface area contributed by atoms with E-state index < -0.39 is 0 Å². The zero-order valence-electron chi connectivity index (χ0n) is 12.7. The molecule has 1 saturated carbocycles. The van der Waals surface area contributed by atoms with Gasteiger partial charge in [-0.25, -0.2) is 4.98 Å². The Bertz CT molecular complexity index is 581. The maximum Gasteiger partial charge on any atom is 0.242 e. The Morgan fingerprint density at radius 2 is 2.41 bits per heavy atom. The molecule has 6 heteroatoms. The molecule has 0 radical (unpaired) electrons. The molecule has 22 heavy (non-hydrogen) atoms. The van der Waals surface area contributed by atoms with Crippen LogP contribution in [-0.4, -0.2) is 54.7 Å². The largest absolute Gasteiger partial charge is 0.374 e. The summed E-state index contributed by atoms with van der Waals surface area (Å²) < 4.78 is 5.75. The number of ether oxygens (including phenoxy) is 1. The highest BCUT2D eigenvalue weighted by atomic mass is 16.5. The van der Waals surface area contributed by atoms with Gasteiger partial charge in [-0.15, -0.1) is 0 Å². The third-order valence-corrected chi connectivity index (χ3v) is 4.44. The molecule has 0 unspecified atom stereocenters. The summed E-state index contributed by atoms with van der Waals surface area (Å²) >= 11 is 0. The molecule has 1 amide bonds. The highest BCUT2D eigenvalue weighted by Crippen LogP contribution is 2.29. The summed E-state index contributed by atoms with van der Waals surface area (Å²) in [6.07, 6.45) is 4.97. The van der Waals surface area contributed by atoms with E-state index in [0.717, 1.165) is 19.3 Å². The van der Waals surface area contributed by atoms with Crippen molar-refractivity contribution in [2.75, 3.05) is 31.6 Å². The monoisotopic (exact) mass is 300 g/mol. The number of anilines is 1. The quantitative estimate of drug-likeness (QED) is 0.838. The summed E-state index contributed by atoms with van der Waals surface area (Å²) in [4.78, 5) is 20.6. The van der Waals surface area contributed by atoms with E-state index >= 15 is 0 Å². The molecular weight excluding hydrogens is 280 g/mol. The van der Waals surface area contributed by atoms with Crippen molar-refractivity contribution < 1.29 is 9.53 Å². The number of rotatable bonds is 3. The number of fused-ring (bicyclic) bond motifs is 1. The minimum atomic E-state index is 0.119. The van der Waals surface area contributed by atoms with Crippen molar-refractivity contribution in [3.63, 3.8) is 0 Å². The molecule has 1 aliphatic carbocycles. The van der Waals surface area contributed by atoms with E-state index in [-0.39, 0.29) is 18.1 Å². The smallest absolute Gasteiger partial charge is 0.242 e. The molecule has 1 aromatic heterocycles. The maximum atomic E-state index is 12.6. The van der Waals surface area contributed by atoms with Gasteiger partial charge in [-0.3, -0.25) is 4.79 Å². The normalized spacial score (nSPS) is 23.7. The van der Waals surface area contributed by atoms with Crippen molar-refractivity contribution in [1.82, 2.24) is 9.88 Å².